The molecule has 2 rings (SSSR count). The topological polar surface area (TPSA) is 41.5 Å². The number of ether oxygens (including phenoxy) is 1. The highest BCUT2D eigenvalue weighted by Gasteiger charge is 2.24. The van der Waals surface area contributed by atoms with Crippen molar-refractivity contribution < 1.29 is 9.84 Å². The van der Waals surface area contributed by atoms with E-state index in [4.69, 9.17) is 21.4 Å². The first kappa shape index (κ1) is 18.6. The predicted molar refractivity (Wildman–Crippen MR) is 96.4 cm³/mol. The second-order valence-corrected chi connectivity index (χ2v) is 6.94. The molecule has 23 heavy (non-hydrogen) atoms. The summed E-state index contributed by atoms with van der Waals surface area (Å²) in [6.45, 7) is 3.19. The van der Waals surface area contributed by atoms with Crippen molar-refractivity contribution >= 4 is 11.6 Å². The van der Waals surface area contributed by atoms with E-state index in [1.807, 2.05) is 12.1 Å². The number of aliphatic hydroxyl groups excluding tert-OH is 1. The van der Waals surface area contributed by atoms with Gasteiger partial charge in [0.15, 0.2) is 0 Å². The van der Waals surface area contributed by atoms with Crippen molar-refractivity contribution in [3.8, 4) is 5.75 Å². The van der Waals surface area contributed by atoms with Gasteiger partial charge in [-0.15, -0.1) is 0 Å². The van der Waals surface area contributed by atoms with Gasteiger partial charge >= 0.3 is 0 Å². The average Bonchev–Trinajstić information content (AvgIpc) is 3.00. The molecule has 1 aromatic carbocycles. The highest BCUT2D eigenvalue weighted by atomic mass is 35.5. The minimum atomic E-state index is 0.118. The third-order valence-corrected chi connectivity index (χ3v) is 4.88. The molecule has 0 spiro atoms. The van der Waals surface area contributed by atoms with Gasteiger partial charge in [-0.2, -0.15) is 0 Å². The van der Waals surface area contributed by atoms with Crippen molar-refractivity contribution in [3.05, 3.63) is 28.8 Å². The van der Waals surface area contributed by atoms with Crippen LogP contribution < -0.4 is 10.1 Å². The molecule has 0 radical (unpaired) electrons. The molecule has 0 bridgehead atoms. The van der Waals surface area contributed by atoms with Crippen LogP contribution in [0.5, 0.6) is 5.75 Å². The Labute approximate surface area is 145 Å². The lowest BCUT2D eigenvalue weighted by molar-refractivity contribution is 0.206. The Bertz CT molecular complexity index is 467. The zero-order valence-corrected chi connectivity index (χ0v) is 14.9. The Hall–Kier alpha value is -0.770. The van der Waals surface area contributed by atoms with Crippen LogP contribution in [0.15, 0.2) is 18.2 Å². The van der Waals surface area contributed by atoms with E-state index in [9.17, 15) is 0 Å². The van der Waals surface area contributed by atoms with Gasteiger partial charge in [0.2, 0.25) is 0 Å². The molecule has 130 valence electrons. The number of aliphatic hydroxyl groups is 1. The summed E-state index contributed by atoms with van der Waals surface area (Å²) in [5.74, 6) is 0.826. The Morgan fingerprint density at radius 1 is 1.22 bits per heavy atom. The first-order chi connectivity index (χ1) is 11.2. The molecular formula is C19H30ClNO2. The summed E-state index contributed by atoms with van der Waals surface area (Å²) in [4.78, 5) is 0. The second-order valence-electron chi connectivity index (χ2n) is 6.53. The number of benzene rings is 1. The molecule has 1 saturated heterocycles. The van der Waals surface area contributed by atoms with Crippen molar-refractivity contribution in [2.45, 2.75) is 70.4 Å². The molecule has 2 N–H and O–H groups in total. The van der Waals surface area contributed by atoms with Crippen LogP contribution in [0.2, 0.25) is 5.02 Å². The van der Waals surface area contributed by atoms with Crippen molar-refractivity contribution in [3.63, 3.8) is 0 Å². The minimum Gasteiger partial charge on any atom is -0.489 e. The van der Waals surface area contributed by atoms with Crippen LogP contribution in [0.3, 0.4) is 0 Å². The summed E-state index contributed by atoms with van der Waals surface area (Å²) in [7, 11) is 0. The number of halogens is 1. The van der Waals surface area contributed by atoms with Crippen LogP contribution in [-0.2, 0) is 6.42 Å². The highest BCUT2D eigenvalue weighted by molar-refractivity contribution is 6.31. The van der Waals surface area contributed by atoms with Gasteiger partial charge < -0.3 is 15.2 Å². The van der Waals surface area contributed by atoms with Gasteiger partial charge in [0.05, 0.1) is 6.61 Å². The maximum Gasteiger partial charge on any atom is 0.121 e. The molecule has 2 atom stereocenters. The maximum atomic E-state index is 9.14. The second kappa shape index (κ2) is 10.2. The minimum absolute atomic E-state index is 0.118. The van der Waals surface area contributed by atoms with Crippen LogP contribution >= 0.6 is 11.6 Å². The number of nitrogens with one attached hydrogen (secondary N) is 1. The molecule has 1 fully saturated rings. The number of hydrogen-bond acceptors (Lipinski definition) is 3. The summed E-state index contributed by atoms with van der Waals surface area (Å²) in [5.41, 5.74) is 1.22. The first-order valence-electron chi connectivity index (χ1n) is 9.02. The molecular weight excluding hydrogens is 310 g/mol. The lowest BCUT2D eigenvalue weighted by atomic mass is 10.0. The van der Waals surface area contributed by atoms with Crippen molar-refractivity contribution in [2.75, 3.05) is 13.2 Å². The van der Waals surface area contributed by atoms with E-state index in [1.54, 1.807) is 0 Å². The molecule has 0 unspecified atom stereocenters. The van der Waals surface area contributed by atoms with Crippen LogP contribution in [0.25, 0.3) is 0 Å². The summed E-state index contributed by atoms with van der Waals surface area (Å²) in [6.07, 6.45) is 9.81. The van der Waals surface area contributed by atoms with Crippen LogP contribution in [0.4, 0.5) is 0 Å². The quantitative estimate of drug-likeness (QED) is 0.623. The molecule has 0 saturated carbocycles. The van der Waals surface area contributed by atoms with Crippen molar-refractivity contribution in [1.29, 1.82) is 0 Å². The van der Waals surface area contributed by atoms with E-state index in [-0.39, 0.29) is 18.8 Å². The monoisotopic (exact) mass is 339 g/mol. The third-order valence-electron chi connectivity index (χ3n) is 4.53. The fraction of sp³-hybridized carbons (Fsp3) is 0.684. The fourth-order valence-electron chi connectivity index (χ4n) is 3.10. The number of aryl methyl sites for hydroxylation is 1. The third kappa shape index (κ3) is 6.33. The molecule has 0 aromatic heterocycles. The van der Waals surface area contributed by atoms with E-state index in [1.165, 1.54) is 44.1 Å². The van der Waals surface area contributed by atoms with Gasteiger partial charge in [-0.3, -0.25) is 0 Å². The first-order valence-corrected chi connectivity index (χ1v) is 9.40. The average molecular weight is 340 g/mol. The van der Waals surface area contributed by atoms with Gasteiger partial charge in [-0.25, -0.2) is 0 Å². The molecule has 1 aromatic rings. The van der Waals surface area contributed by atoms with E-state index in [0.717, 1.165) is 30.2 Å². The molecule has 1 aliphatic rings. The van der Waals surface area contributed by atoms with Gasteiger partial charge in [-0.05, 0) is 30.5 Å². The van der Waals surface area contributed by atoms with Gasteiger partial charge in [-0.1, -0.05) is 56.7 Å². The normalized spacial score (nSPS) is 20.8. The Balaban J connectivity index is 1.74. The van der Waals surface area contributed by atoms with Crippen LogP contribution in [0, 0.1) is 0 Å². The molecule has 4 heteroatoms. The largest absolute Gasteiger partial charge is 0.489 e. The summed E-state index contributed by atoms with van der Waals surface area (Å²) >= 11 is 6.40. The smallest absolute Gasteiger partial charge is 0.121 e. The molecule has 0 aliphatic carbocycles. The van der Waals surface area contributed by atoms with Gasteiger partial charge in [0.25, 0.3) is 0 Å². The predicted octanol–water partition coefficient (Wildman–Crippen LogP) is 4.34. The molecule has 1 aliphatic heterocycles. The lowest BCUT2D eigenvalue weighted by Crippen LogP contribution is -2.25. The Kier molecular flexibility index (Phi) is 8.21. The Morgan fingerprint density at radius 2 is 2.00 bits per heavy atom. The van der Waals surface area contributed by atoms with E-state index in [2.05, 4.69) is 18.3 Å². The number of hydrogen-bond donors (Lipinski definition) is 2. The molecule has 0 amide bonds. The van der Waals surface area contributed by atoms with Crippen molar-refractivity contribution in [2.24, 2.45) is 0 Å². The van der Waals surface area contributed by atoms with Crippen LogP contribution in [-0.4, -0.2) is 30.4 Å². The van der Waals surface area contributed by atoms with E-state index < -0.39 is 0 Å². The van der Waals surface area contributed by atoms with Gasteiger partial charge in [0, 0.05) is 24.0 Å². The molecule has 1 heterocycles. The standard InChI is InChI=1S/C19H30ClNO2/c1-2-3-4-5-6-7-8-15-9-10-17(12-19(15)20)23-18-11-16(14-22)21-13-18/h9-10,12,16,18,21-22H,2-8,11,13-14H2,1H3/t16-,18-/m0/s1. The van der Waals surface area contributed by atoms with Crippen molar-refractivity contribution in [1.82, 2.24) is 5.32 Å². The Morgan fingerprint density at radius 3 is 2.70 bits per heavy atom. The van der Waals surface area contributed by atoms with Gasteiger partial charge in [0.1, 0.15) is 11.9 Å². The lowest BCUT2D eigenvalue weighted by Gasteiger charge is -2.14. The fourth-order valence-corrected chi connectivity index (χ4v) is 3.37. The van der Waals surface area contributed by atoms with E-state index >= 15 is 0 Å². The number of rotatable bonds is 10. The molecule has 3 nitrogen and oxygen atoms in total. The van der Waals surface area contributed by atoms with Crippen LogP contribution in [0.1, 0.15) is 57.4 Å². The highest BCUT2D eigenvalue weighted by Crippen LogP contribution is 2.26. The number of unbranched alkanes of at least 4 members (excludes halogenated alkanes) is 5. The SMILES string of the molecule is CCCCCCCCc1ccc(O[C@@H]2CN[C@H](CO)C2)cc1Cl. The maximum absolute atomic E-state index is 9.14. The van der Waals surface area contributed by atoms with E-state index in [0.29, 0.717) is 0 Å². The summed E-state index contributed by atoms with van der Waals surface area (Å²) < 4.78 is 5.96. The summed E-state index contributed by atoms with van der Waals surface area (Å²) in [5, 5.41) is 13.2. The zero-order chi connectivity index (χ0) is 16.5. The zero-order valence-electron chi connectivity index (χ0n) is 14.2. The summed E-state index contributed by atoms with van der Waals surface area (Å²) in [6, 6.07) is 6.20.